The molecule has 23 heavy (non-hydrogen) atoms. The molecule has 0 saturated heterocycles. The van der Waals surface area contributed by atoms with E-state index in [9.17, 15) is 19.8 Å². The van der Waals surface area contributed by atoms with Crippen LogP contribution in [0.1, 0.15) is 58.3 Å². The Hall–Kier alpha value is -1.14. The van der Waals surface area contributed by atoms with Crippen molar-refractivity contribution in [3.8, 4) is 0 Å². The number of ether oxygens (including phenoxy) is 1. The third-order valence-corrected chi connectivity index (χ3v) is 3.53. The fraction of sp³-hybridized carbons (Fsp3) is 0.882. The molecule has 0 aromatic rings. The number of carbonyl (C=O) groups is 2. The summed E-state index contributed by atoms with van der Waals surface area (Å²) < 4.78 is 5.63. The Morgan fingerprint density at radius 2 is 1.65 bits per heavy atom. The average Bonchev–Trinajstić information content (AvgIpc) is 2.39. The molecule has 1 N–H and O–H groups in total. The second-order valence-electron chi connectivity index (χ2n) is 7.18. The lowest BCUT2D eigenvalue weighted by Gasteiger charge is -2.29. The highest BCUT2D eigenvalue weighted by Crippen LogP contribution is 2.11. The van der Waals surface area contributed by atoms with Gasteiger partial charge in [0.25, 0.3) is 0 Å². The van der Waals surface area contributed by atoms with Gasteiger partial charge in [-0.05, 0) is 6.42 Å². The first-order valence-corrected chi connectivity index (χ1v) is 8.54. The normalized spacial score (nSPS) is 14.3. The van der Waals surface area contributed by atoms with Crippen LogP contribution in [-0.4, -0.2) is 61.4 Å². The largest absolute Gasteiger partial charge is 0.550 e. The van der Waals surface area contributed by atoms with E-state index in [1.807, 2.05) is 21.1 Å². The number of rotatable bonds is 13. The molecule has 136 valence electrons. The molecule has 0 bridgehead atoms. The summed E-state index contributed by atoms with van der Waals surface area (Å²) >= 11 is 0. The van der Waals surface area contributed by atoms with Crippen LogP contribution in [0.25, 0.3) is 0 Å². The fourth-order valence-electron chi connectivity index (χ4n) is 2.42. The summed E-state index contributed by atoms with van der Waals surface area (Å²) in [4.78, 5) is 22.7. The number of carboxylic acid groups (broad SMARTS) is 1. The summed E-state index contributed by atoms with van der Waals surface area (Å²) in [5.74, 6) is -2.00. The third-order valence-electron chi connectivity index (χ3n) is 3.53. The van der Waals surface area contributed by atoms with Crippen LogP contribution in [0.4, 0.5) is 0 Å². The van der Waals surface area contributed by atoms with Gasteiger partial charge in [0.2, 0.25) is 0 Å². The maximum absolute atomic E-state index is 11.9. The van der Waals surface area contributed by atoms with Crippen molar-refractivity contribution in [1.82, 2.24) is 0 Å². The molecule has 6 heteroatoms. The summed E-state index contributed by atoms with van der Waals surface area (Å²) in [6.07, 6.45) is 4.44. The number of carbonyl (C=O) groups excluding carboxylic acids is 2. The first-order chi connectivity index (χ1) is 10.7. The first kappa shape index (κ1) is 21.9. The topological polar surface area (TPSA) is 86.7 Å². The van der Waals surface area contributed by atoms with Crippen LogP contribution in [-0.2, 0) is 14.3 Å². The molecule has 0 aliphatic rings. The Balaban J connectivity index is 4.19. The molecule has 0 aromatic carbocycles. The van der Waals surface area contributed by atoms with Gasteiger partial charge in [-0.2, -0.15) is 0 Å². The Morgan fingerprint density at radius 1 is 1.09 bits per heavy atom. The SMILES string of the molecule is CCCCCCCCC(O)C(=O)OC(CC(=O)[O-])C[N+](C)(C)C. The van der Waals surface area contributed by atoms with E-state index in [1.54, 1.807) is 0 Å². The fourth-order valence-corrected chi connectivity index (χ4v) is 2.42. The quantitative estimate of drug-likeness (QED) is 0.307. The lowest BCUT2D eigenvalue weighted by molar-refractivity contribution is -0.873. The highest BCUT2D eigenvalue weighted by molar-refractivity contribution is 5.75. The van der Waals surface area contributed by atoms with Crippen LogP contribution >= 0.6 is 0 Å². The van der Waals surface area contributed by atoms with Crippen LogP contribution in [0.3, 0.4) is 0 Å². The number of aliphatic hydroxyl groups is 1. The number of quaternary nitrogens is 1. The van der Waals surface area contributed by atoms with E-state index in [0.717, 1.165) is 19.3 Å². The van der Waals surface area contributed by atoms with Gasteiger partial charge >= 0.3 is 5.97 Å². The number of nitrogens with zero attached hydrogens (tertiary/aromatic N) is 1. The zero-order valence-corrected chi connectivity index (χ0v) is 15.0. The predicted octanol–water partition coefficient (Wildman–Crippen LogP) is 0.856. The molecule has 0 spiro atoms. The smallest absolute Gasteiger partial charge is 0.335 e. The van der Waals surface area contributed by atoms with Crippen molar-refractivity contribution in [2.45, 2.75) is 70.5 Å². The van der Waals surface area contributed by atoms with Gasteiger partial charge < -0.3 is 24.2 Å². The van der Waals surface area contributed by atoms with E-state index in [1.165, 1.54) is 19.3 Å². The van der Waals surface area contributed by atoms with E-state index < -0.39 is 24.1 Å². The number of carboxylic acids is 1. The van der Waals surface area contributed by atoms with Crippen molar-refractivity contribution in [3.05, 3.63) is 0 Å². The van der Waals surface area contributed by atoms with Crippen molar-refractivity contribution in [2.24, 2.45) is 0 Å². The standard InChI is InChI=1S/C17H33NO5/c1-5-6-7-8-9-10-11-15(19)17(22)23-14(12-16(20)21)13-18(2,3)4/h14-15,19H,5-13H2,1-4H3. The van der Waals surface area contributed by atoms with Crippen LogP contribution in [0.2, 0.25) is 0 Å². The zero-order valence-electron chi connectivity index (χ0n) is 15.0. The third kappa shape index (κ3) is 13.0. The van der Waals surface area contributed by atoms with Crippen LogP contribution in [0, 0.1) is 0 Å². The zero-order chi connectivity index (χ0) is 17.9. The van der Waals surface area contributed by atoms with Crippen molar-refractivity contribution in [2.75, 3.05) is 27.7 Å². The van der Waals surface area contributed by atoms with Gasteiger partial charge in [-0.25, -0.2) is 4.79 Å². The molecule has 0 saturated carbocycles. The molecule has 0 aliphatic carbocycles. The maximum Gasteiger partial charge on any atom is 0.335 e. The van der Waals surface area contributed by atoms with Gasteiger partial charge in [0, 0.05) is 12.4 Å². The monoisotopic (exact) mass is 331 g/mol. The molecule has 6 nitrogen and oxygen atoms in total. The molecule has 0 aliphatic heterocycles. The first-order valence-electron chi connectivity index (χ1n) is 8.54. The van der Waals surface area contributed by atoms with Gasteiger partial charge in [-0.15, -0.1) is 0 Å². The summed E-state index contributed by atoms with van der Waals surface area (Å²) in [5.41, 5.74) is 0. The van der Waals surface area contributed by atoms with Gasteiger partial charge in [0.1, 0.15) is 6.54 Å². The minimum atomic E-state index is -1.26. The van der Waals surface area contributed by atoms with Gasteiger partial charge in [-0.1, -0.05) is 45.4 Å². The van der Waals surface area contributed by atoms with Crippen molar-refractivity contribution in [1.29, 1.82) is 0 Å². The molecule has 0 fully saturated rings. The van der Waals surface area contributed by atoms with E-state index in [4.69, 9.17) is 4.74 Å². The molecule has 2 unspecified atom stereocenters. The number of hydrogen-bond donors (Lipinski definition) is 1. The lowest BCUT2D eigenvalue weighted by atomic mass is 10.1. The molecule has 0 radical (unpaired) electrons. The Kier molecular flexibility index (Phi) is 10.8. The van der Waals surface area contributed by atoms with E-state index in [-0.39, 0.29) is 6.42 Å². The highest BCUT2D eigenvalue weighted by atomic mass is 16.6. The second kappa shape index (κ2) is 11.4. The van der Waals surface area contributed by atoms with Gasteiger partial charge in [0.15, 0.2) is 12.2 Å². The number of unbranched alkanes of at least 4 members (excludes halogenated alkanes) is 5. The number of aliphatic carboxylic acids is 1. The predicted molar refractivity (Wildman–Crippen MR) is 86.4 cm³/mol. The Labute approximate surface area is 140 Å². The van der Waals surface area contributed by atoms with Crippen LogP contribution < -0.4 is 5.11 Å². The second-order valence-corrected chi connectivity index (χ2v) is 7.18. The molecular formula is C17H33NO5. The van der Waals surface area contributed by atoms with Gasteiger partial charge in [0.05, 0.1) is 21.1 Å². The molecular weight excluding hydrogens is 298 g/mol. The molecule has 0 heterocycles. The Morgan fingerprint density at radius 3 is 2.17 bits per heavy atom. The number of likely N-dealkylation sites (N-methyl/N-ethyl adjacent to an activating group) is 1. The number of esters is 1. The number of hydrogen-bond acceptors (Lipinski definition) is 5. The van der Waals surface area contributed by atoms with Crippen LogP contribution in [0.15, 0.2) is 0 Å². The van der Waals surface area contributed by atoms with E-state index in [0.29, 0.717) is 17.4 Å². The molecule has 0 aromatic heterocycles. The molecule has 0 rings (SSSR count). The van der Waals surface area contributed by atoms with Crippen LogP contribution in [0.5, 0.6) is 0 Å². The van der Waals surface area contributed by atoms with E-state index >= 15 is 0 Å². The summed E-state index contributed by atoms with van der Waals surface area (Å²) in [6, 6.07) is 0. The van der Waals surface area contributed by atoms with Crippen molar-refractivity contribution >= 4 is 11.9 Å². The molecule has 2 atom stereocenters. The highest BCUT2D eigenvalue weighted by Gasteiger charge is 2.25. The minimum absolute atomic E-state index is 0.351. The summed E-state index contributed by atoms with van der Waals surface area (Å²) in [6.45, 7) is 2.50. The maximum atomic E-state index is 11.9. The average molecular weight is 331 g/mol. The van der Waals surface area contributed by atoms with Crippen molar-refractivity contribution in [3.63, 3.8) is 0 Å². The van der Waals surface area contributed by atoms with E-state index in [2.05, 4.69) is 6.92 Å². The van der Waals surface area contributed by atoms with Gasteiger partial charge in [-0.3, -0.25) is 0 Å². The Bertz CT molecular complexity index is 351. The summed E-state index contributed by atoms with van der Waals surface area (Å²) in [5, 5.41) is 20.6. The lowest BCUT2D eigenvalue weighted by Crippen LogP contribution is -2.46. The molecule has 0 amide bonds. The number of aliphatic hydroxyl groups excluding tert-OH is 1. The minimum Gasteiger partial charge on any atom is -0.550 e. The van der Waals surface area contributed by atoms with Crippen molar-refractivity contribution < 1.29 is 29.0 Å². The summed E-state index contributed by atoms with van der Waals surface area (Å²) in [7, 11) is 5.63.